The van der Waals surface area contributed by atoms with Crippen molar-refractivity contribution in [2.24, 2.45) is 5.92 Å². The highest BCUT2D eigenvalue weighted by Gasteiger charge is 2.19. The quantitative estimate of drug-likeness (QED) is 0.495. The van der Waals surface area contributed by atoms with Gasteiger partial charge in [0, 0.05) is 5.92 Å². The fourth-order valence-corrected chi connectivity index (χ4v) is 3.30. The first kappa shape index (κ1) is 16.2. The lowest BCUT2D eigenvalue weighted by molar-refractivity contribution is -0.119. The van der Waals surface area contributed by atoms with Crippen molar-refractivity contribution in [2.45, 2.75) is 46.0 Å². The Labute approximate surface area is 136 Å². The first-order chi connectivity index (χ1) is 10.1. The third kappa shape index (κ3) is 4.41. The van der Waals surface area contributed by atoms with Crippen LogP contribution in [0.1, 0.15) is 50.2 Å². The molecule has 1 fully saturated rings. The molecule has 0 atom stereocenters. The molecule has 1 aromatic rings. The molecule has 1 nitrogen and oxygen atoms in total. The van der Waals surface area contributed by atoms with Crippen LogP contribution in [0.5, 0.6) is 0 Å². The molecule has 2 heteroatoms. The first-order valence-electron chi connectivity index (χ1n) is 7.74. The van der Waals surface area contributed by atoms with Crippen molar-refractivity contribution in [3.8, 4) is 0 Å². The summed E-state index contributed by atoms with van der Waals surface area (Å²) < 4.78 is 1.06. The summed E-state index contributed by atoms with van der Waals surface area (Å²) in [5, 5.41) is 0. The summed E-state index contributed by atoms with van der Waals surface area (Å²) >= 11 is 3.57. The lowest BCUT2D eigenvalue weighted by atomic mass is 9.86. The highest BCUT2D eigenvalue weighted by atomic mass is 79.9. The number of carbonyl (C=O) groups is 1. The van der Waals surface area contributed by atoms with Crippen molar-refractivity contribution in [2.75, 3.05) is 0 Å². The second-order valence-electron chi connectivity index (χ2n) is 5.83. The molecule has 0 amide bonds. The van der Waals surface area contributed by atoms with E-state index in [1.165, 1.54) is 30.4 Å². The van der Waals surface area contributed by atoms with E-state index in [4.69, 9.17) is 0 Å². The molecule has 0 spiro atoms. The summed E-state index contributed by atoms with van der Waals surface area (Å²) in [6.07, 6.45) is 9.54. The van der Waals surface area contributed by atoms with Gasteiger partial charge < -0.3 is 0 Å². The Balaban J connectivity index is 2.18. The van der Waals surface area contributed by atoms with Gasteiger partial charge in [0.1, 0.15) is 0 Å². The molecule has 0 radical (unpaired) electrons. The van der Waals surface area contributed by atoms with Gasteiger partial charge >= 0.3 is 0 Å². The van der Waals surface area contributed by atoms with Crippen LogP contribution in [0.25, 0.3) is 5.57 Å². The minimum absolute atomic E-state index is 0.240. The van der Waals surface area contributed by atoms with E-state index in [0.29, 0.717) is 0 Å². The minimum atomic E-state index is 0.240. The average molecular weight is 347 g/mol. The third-order valence-corrected chi connectivity index (χ3v) is 4.66. The van der Waals surface area contributed by atoms with Crippen LogP contribution in [0, 0.1) is 12.8 Å². The number of hydrogen-bond acceptors (Lipinski definition) is 1. The predicted octanol–water partition coefficient (Wildman–Crippen LogP) is 5.83. The summed E-state index contributed by atoms with van der Waals surface area (Å²) in [5.41, 5.74) is 3.50. The molecule has 0 unspecified atom stereocenters. The predicted molar refractivity (Wildman–Crippen MR) is 93.4 cm³/mol. The Morgan fingerprint density at radius 2 is 1.81 bits per heavy atom. The van der Waals surface area contributed by atoms with E-state index >= 15 is 0 Å². The normalized spacial score (nSPS) is 17.9. The van der Waals surface area contributed by atoms with E-state index in [9.17, 15) is 4.79 Å². The monoisotopic (exact) mass is 346 g/mol. The fourth-order valence-electron chi connectivity index (χ4n) is 2.95. The zero-order valence-electron chi connectivity index (χ0n) is 12.9. The molecule has 0 aliphatic heterocycles. The molecule has 1 aliphatic rings. The van der Waals surface area contributed by atoms with Gasteiger partial charge in [-0.1, -0.05) is 65.5 Å². The minimum Gasteiger partial charge on any atom is -0.295 e. The Kier molecular flexibility index (Phi) is 5.98. The third-order valence-electron chi connectivity index (χ3n) is 4.23. The number of benzene rings is 1. The first-order valence-corrected chi connectivity index (χ1v) is 8.53. The molecule has 0 bridgehead atoms. The van der Waals surface area contributed by atoms with Gasteiger partial charge in [0.15, 0.2) is 5.78 Å². The Hall–Kier alpha value is -1.15. The molecular formula is C19H23BrO. The molecule has 0 N–H and O–H groups in total. The van der Waals surface area contributed by atoms with Gasteiger partial charge in [-0.15, -0.1) is 0 Å². The fraction of sp³-hybridized carbons (Fsp3) is 0.421. The molecule has 21 heavy (non-hydrogen) atoms. The summed E-state index contributed by atoms with van der Waals surface area (Å²) in [4.78, 5) is 12.3. The number of allylic oxidation sites excluding steroid dienone is 4. The second kappa shape index (κ2) is 7.74. The van der Waals surface area contributed by atoms with Gasteiger partial charge in [-0.05, 0) is 53.9 Å². The molecule has 0 heterocycles. The molecule has 2 rings (SSSR count). The highest BCUT2D eigenvalue weighted by molar-refractivity contribution is 9.11. The number of hydrogen-bond donors (Lipinski definition) is 0. The van der Waals surface area contributed by atoms with Gasteiger partial charge in [-0.25, -0.2) is 0 Å². The maximum atomic E-state index is 12.3. The second-order valence-corrected chi connectivity index (χ2v) is 7.02. The molecule has 0 aromatic heterocycles. The number of aryl methyl sites for hydroxylation is 1. The van der Waals surface area contributed by atoms with Crippen molar-refractivity contribution in [1.82, 2.24) is 0 Å². The summed E-state index contributed by atoms with van der Waals surface area (Å²) in [6, 6.07) is 8.28. The van der Waals surface area contributed by atoms with Gasteiger partial charge in [0.05, 0.1) is 0 Å². The zero-order chi connectivity index (χ0) is 15.2. The average Bonchev–Trinajstić information content (AvgIpc) is 2.49. The number of halogens is 1. The number of rotatable bonds is 4. The molecule has 0 saturated heterocycles. The maximum absolute atomic E-state index is 12.3. The largest absolute Gasteiger partial charge is 0.295 e. The van der Waals surface area contributed by atoms with Crippen LogP contribution in [0.3, 0.4) is 0 Å². The smallest absolute Gasteiger partial charge is 0.158 e. The summed E-state index contributed by atoms with van der Waals surface area (Å²) in [7, 11) is 0. The van der Waals surface area contributed by atoms with Crippen molar-refractivity contribution < 1.29 is 4.79 Å². The molecule has 1 aliphatic carbocycles. The van der Waals surface area contributed by atoms with Crippen LogP contribution < -0.4 is 0 Å². The van der Waals surface area contributed by atoms with Crippen LogP contribution >= 0.6 is 15.9 Å². The van der Waals surface area contributed by atoms with E-state index in [1.807, 2.05) is 25.1 Å². The van der Waals surface area contributed by atoms with Gasteiger partial charge in [-0.2, -0.15) is 0 Å². The summed E-state index contributed by atoms with van der Waals surface area (Å²) in [5.74, 6) is 0.526. The van der Waals surface area contributed by atoms with Crippen molar-refractivity contribution in [3.63, 3.8) is 0 Å². The van der Waals surface area contributed by atoms with Crippen molar-refractivity contribution >= 4 is 27.3 Å². The van der Waals surface area contributed by atoms with Crippen LogP contribution in [0.2, 0.25) is 0 Å². The molecule has 1 saturated carbocycles. The van der Waals surface area contributed by atoms with Crippen LogP contribution in [0.15, 0.2) is 40.9 Å². The lowest BCUT2D eigenvalue weighted by Crippen LogP contribution is -2.15. The van der Waals surface area contributed by atoms with Crippen LogP contribution in [-0.2, 0) is 4.79 Å². The van der Waals surface area contributed by atoms with Crippen molar-refractivity contribution in [1.29, 1.82) is 0 Å². The Morgan fingerprint density at radius 3 is 2.43 bits per heavy atom. The van der Waals surface area contributed by atoms with Gasteiger partial charge in [-0.3, -0.25) is 4.79 Å². The van der Waals surface area contributed by atoms with E-state index in [1.54, 1.807) is 6.08 Å². The number of carbonyl (C=O) groups excluding carboxylic acids is 1. The Morgan fingerprint density at radius 1 is 1.14 bits per heavy atom. The number of ketones is 1. The molecular weight excluding hydrogens is 324 g/mol. The topological polar surface area (TPSA) is 17.1 Å². The highest BCUT2D eigenvalue weighted by Crippen LogP contribution is 2.28. The van der Waals surface area contributed by atoms with E-state index in [2.05, 4.69) is 35.0 Å². The van der Waals surface area contributed by atoms with Crippen LogP contribution in [0.4, 0.5) is 0 Å². The zero-order valence-corrected chi connectivity index (χ0v) is 14.4. The van der Waals surface area contributed by atoms with E-state index in [-0.39, 0.29) is 11.7 Å². The standard InChI is InChI=1S/C19H23BrO/c1-14-8-6-7-11-17(14)18(15(2)20)12-13-19(21)16-9-4-3-5-10-16/h6-8,11-13,16H,3-5,9-10H2,1-2H3. The van der Waals surface area contributed by atoms with Gasteiger partial charge in [0.2, 0.25) is 0 Å². The van der Waals surface area contributed by atoms with E-state index < -0.39 is 0 Å². The SMILES string of the molecule is CC(Br)=C(C=CC(=O)C1CCCCC1)c1ccccc1C. The van der Waals surface area contributed by atoms with E-state index in [0.717, 1.165) is 22.9 Å². The Bertz CT molecular complexity index is 559. The summed E-state index contributed by atoms with van der Waals surface area (Å²) in [6.45, 7) is 4.12. The van der Waals surface area contributed by atoms with Crippen molar-refractivity contribution in [3.05, 3.63) is 52.0 Å². The maximum Gasteiger partial charge on any atom is 0.158 e. The lowest BCUT2D eigenvalue weighted by Gasteiger charge is -2.18. The molecule has 112 valence electrons. The van der Waals surface area contributed by atoms with Gasteiger partial charge in [0.25, 0.3) is 0 Å². The molecule has 1 aromatic carbocycles. The van der Waals surface area contributed by atoms with Crippen LogP contribution in [-0.4, -0.2) is 5.78 Å².